The van der Waals surface area contributed by atoms with Crippen LogP contribution >= 0.6 is 0 Å². The van der Waals surface area contributed by atoms with Crippen molar-refractivity contribution in [1.82, 2.24) is 16.0 Å². The minimum absolute atomic E-state index is 0.00112. The molecule has 1 aliphatic rings. The van der Waals surface area contributed by atoms with E-state index in [0.717, 1.165) is 22.3 Å². The molecular weight excluding hydrogens is 462 g/mol. The molecule has 0 saturated heterocycles. The van der Waals surface area contributed by atoms with Gasteiger partial charge in [0.1, 0.15) is 18.8 Å². The Balaban J connectivity index is 1.56. The zero-order valence-electron chi connectivity index (χ0n) is 20.8. The van der Waals surface area contributed by atoms with Crippen LogP contribution < -0.4 is 16.0 Å². The summed E-state index contributed by atoms with van der Waals surface area (Å²) in [6, 6.07) is 15.5. The van der Waals surface area contributed by atoms with E-state index in [1.807, 2.05) is 36.4 Å². The first-order valence-electron chi connectivity index (χ1n) is 11.8. The Labute approximate surface area is 211 Å². The second-order valence-electron chi connectivity index (χ2n) is 9.32. The molecule has 1 atom stereocenters. The van der Waals surface area contributed by atoms with Gasteiger partial charge in [-0.25, -0.2) is 14.4 Å². The van der Waals surface area contributed by atoms with Crippen LogP contribution in [0.15, 0.2) is 61.2 Å². The van der Waals surface area contributed by atoms with E-state index in [9.17, 15) is 14.4 Å². The van der Waals surface area contributed by atoms with Crippen LogP contribution in [0.5, 0.6) is 0 Å². The van der Waals surface area contributed by atoms with Crippen molar-refractivity contribution in [3.63, 3.8) is 0 Å². The molecule has 3 rings (SSSR count). The van der Waals surface area contributed by atoms with Crippen molar-refractivity contribution >= 4 is 18.3 Å². The molecule has 0 heterocycles. The van der Waals surface area contributed by atoms with Gasteiger partial charge in [-0.3, -0.25) is 0 Å². The summed E-state index contributed by atoms with van der Waals surface area (Å²) in [5, 5.41) is 7.83. The number of rotatable bonds is 9. The minimum Gasteiger partial charge on any atom is -0.449 e. The highest BCUT2D eigenvalue weighted by Gasteiger charge is 2.29. The number of hydrogen-bond donors (Lipinski definition) is 3. The van der Waals surface area contributed by atoms with Crippen LogP contribution in [0.3, 0.4) is 0 Å². The lowest BCUT2D eigenvalue weighted by atomic mass is 9.98. The van der Waals surface area contributed by atoms with Gasteiger partial charge in [0.25, 0.3) is 0 Å². The fourth-order valence-corrected chi connectivity index (χ4v) is 3.90. The number of carbonyl (C=O) groups is 3. The van der Waals surface area contributed by atoms with E-state index in [-0.39, 0.29) is 32.2 Å². The average molecular weight is 496 g/mol. The van der Waals surface area contributed by atoms with Crippen molar-refractivity contribution in [1.29, 1.82) is 0 Å². The van der Waals surface area contributed by atoms with Gasteiger partial charge in [-0.05, 0) is 43.0 Å². The maximum Gasteiger partial charge on any atom is 0.407 e. The summed E-state index contributed by atoms with van der Waals surface area (Å²) >= 11 is 0. The van der Waals surface area contributed by atoms with Crippen LogP contribution in [-0.2, 0) is 14.2 Å². The molecule has 0 spiro atoms. The van der Waals surface area contributed by atoms with E-state index in [1.54, 1.807) is 20.8 Å². The minimum atomic E-state index is -0.703. The zero-order valence-corrected chi connectivity index (χ0v) is 20.8. The fraction of sp³-hybridized carbons (Fsp3) is 0.370. The Morgan fingerprint density at radius 3 is 1.94 bits per heavy atom. The van der Waals surface area contributed by atoms with Gasteiger partial charge in [-0.15, -0.1) is 0 Å². The smallest absolute Gasteiger partial charge is 0.407 e. The summed E-state index contributed by atoms with van der Waals surface area (Å²) < 4.78 is 15.7. The molecule has 36 heavy (non-hydrogen) atoms. The first kappa shape index (κ1) is 26.6. The van der Waals surface area contributed by atoms with Crippen molar-refractivity contribution in [2.24, 2.45) is 0 Å². The lowest BCUT2D eigenvalue weighted by molar-refractivity contribution is 0.0500. The van der Waals surface area contributed by atoms with Gasteiger partial charge in [0, 0.05) is 19.0 Å². The highest BCUT2D eigenvalue weighted by Crippen LogP contribution is 2.44. The third kappa shape index (κ3) is 7.49. The van der Waals surface area contributed by atoms with Gasteiger partial charge in [-0.1, -0.05) is 61.2 Å². The van der Waals surface area contributed by atoms with Gasteiger partial charge in [-0.2, -0.15) is 0 Å². The maximum absolute atomic E-state index is 12.5. The van der Waals surface area contributed by atoms with Gasteiger partial charge < -0.3 is 30.2 Å². The van der Waals surface area contributed by atoms with Gasteiger partial charge in [0.15, 0.2) is 0 Å². The Hall–Kier alpha value is -4.01. The lowest BCUT2D eigenvalue weighted by Gasteiger charge is -2.24. The number of nitrogens with one attached hydrogen (secondary N) is 3. The zero-order chi connectivity index (χ0) is 26.1. The van der Waals surface area contributed by atoms with Crippen molar-refractivity contribution in [2.75, 3.05) is 26.3 Å². The largest absolute Gasteiger partial charge is 0.449 e. The molecule has 0 aromatic heterocycles. The number of ether oxygens (including phenoxy) is 3. The molecule has 0 saturated carbocycles. The summed E-state index contributed by atoms with van der Waals surface area (Å²) in [4.78, 5) is 36.5. The average Bonchev–Trinajstić information content (AvgIpc) is 3.15. The molecule has 3 amide bonds. The molecule has 0 aliphatic heterocycles. The quantitative estimate of drug-likeness (QED) is 0.352. The molecule has 0 radical (unpaired) electrons. The van der Waals surface area contributed by atoms with E-state index in [2.05, 4.69) is 34.7 Å². The summed E-state index contributed by atoms with van der Waals surface area (Å²) in [5.41, 5.74) is 3.79. The van der Waals surface area contributed by atoms with Crippen LogP contribution in [0.2, 0.25) is 0 Å². The number of alkyl carbamates (subject to hydrolysis) is 3. The molecule has 1 aliphatic carbocycles. The second-order valence-corrected chi connectivity index (χ2v) is 9.32. The topological polar surface area (TPSA) is 115 Å². The van der Waals surface area contributed by atoms with Crippen molar-refractivity contribution in [2.45, 2.75) is 38.3 Å². The molecule has 0 fully saturated rings. The van der Waals surface area contributed by atoms with Gasteiger partial charge in [0.05, 0.1) is 6.04 Å². The Bertz CT molecular complexity index is 1050. The first-order valence-corrected chi connectivity index (χ1v) is 11.8. The SMILES string of the molecule is C=CCOC(=O)NC[C@@H](CNC(=O)OCC1c2ccccc2-c2ccccc21)NC(=O)OC(C)(C)C. The summed E-state index contributed by atoms with van der Waals surface area (Å²) in [6.45, 7) is 8.90. The molecule has 9 heteroatoms. The van der Waals surface area contributed by atoms with E-state index >= 15 is 0 Å². The Morgan fingerprint density at radius 2 is 1.42 bits per heavy atom. The van der Waals surface area contributed by atoms with Gasteiger partial charge >= 0.3 is 18.3 Å². The number of hydrogen-bond acceptors (Lipinski definition) is 6. The first-order chi connectivity index (χ1) is 17.2. The normalized spacial score (nSPS) is 13.0. The predicted octanol–water partition coefficient (Wildman–Crippen LogP) is 4.33. The molecule has 2 aromatic rings. The monoisotopic (exact) mass is 495 g/mol. The van der Waals surface area contributed by atoms with Gasteiger partial charge in [0.2, 0.25) is 0 Å². The standard InChI is InChI=1S/C27H33N3O6/c1-5-14-34-24(31)28-15-18(30-26(33)36-27(2,3)4)16-29-25(32)35-17-23-21-12-8-6-10-19(21)20-11-7-9-13-22(20)23/h5-13,18,23H,1,14-17H2,2-4H3,(H,28,31)(H,29,32)(H,30,33)/t18-/m0/s1. The van der Waals surface area contributed by atoms with E-state index in [0.29, 0.717) is 0 Å². The molecular formula is C27H33N3O6. The number of amides is 3. The summed E-state index contributed by atoms with van der Waals surface area (Å²) in [5.74, 6) is -0.0693. The van der Waals surface area contributed by atoms with Crippen LogP contribution in [0.4, 0.5) is 14.4 Å². The molecule has 0 unspecified atom stereocenters. The lowest BCUT2D eigenvalue weighted by Crippen LogP contribution is -2.51. The van der Waals surface area contributed by atoms with Crippen LogP contribution in [0.1, 0.15) is 37.8 Å². The van der Waals surface area contributed by atoms with Crippen LogP contribution in [-0.4, -0.2) is 56.2 Å². The molecule has 192 valence electrons. The van der Waals surface area contributed by atoms with Crippen molar-refractivity contribution < 1.29 is 28.6 Å². The number of benzene rings is 2. The molecule has 9 nitrogen and oxygen atoms in total. The van der Waals surface area contributed by atoms with Crippen LogP contribution in [0.25, 0.3) is 11.1 Å². The molecule has 0 bridgehead atoms. The maximum atomic E-state index is 12.5. The number of fused-ring (bicyclic) bond motifs is 3. The highest BCUT2D eigenvalue weighted by atomic mass is 16.6. The van der Waals surface area contributed by atoms with E-state index in [4.69, 9.17) is 14.2 Å². The van der Waals surface area contributed by atoms with E-state index < -0.39 is 29.9 Å². The molecule has 2 aromatic carbocycles. The predicted molar refractivity (Wildman–Crippen MR) is 136 cm³/mol. The van der Waals surface area contributed by atoms with Crippen LogP contribution in [0, 0.1) is 0 Å². The number of carbonyl (C=O) groups excluding carboxylic acids is 3. The highest BCUT2D eigenvalue weighted by molar-refractivity contribution is 5.79. The Morgan fingerprint density at radius 1 is 0.889 bits per heavy atom. The van der Waals surface area contributed by atoms with Crippen molar-refractivity contribution in [3.05, 3.63) is 72.3 Å². The third-order valence-electron chi connectivity index (χ3n) is 5.38. The fourth-order valence-electron chi connectivity index (χ4n) is 3.90. The van der Waals surface area contributed by atoms with E-state index in [1.165, 1.54) is 6.08 Å². The summed E-state index contributed by atoms with van der Waals surface area (Å²) in [7, 11) is 0. The third-order valence-corrected chi connectivity index (χ3v) is 5.38. The molecule has 3 N–H and O–H groups in total. The van der Waals surface area contributed by atoms with Crippen molar-refractivity contribution in [3.8, 4) is 11.1 Å². The summed E-state index contributed by atoms with van der Waals surface area (Å²) in [6.07, 6.45) is -0.549. The Kier molecular flexibility index (Phi) is 8.94. The second kappa shape index (κ2) is 12.1.